The fourth-order valence-corrected chi connectivity index (χ4v) is 5.23. The molecule has 2 aromatic carbocycles. The van der Waals surface area contributed by atoms with E-state index in [2.05, 4.69) is 5.10 Å². The molecule has 1 amide bonds. The average Bonchev–Trinajstić information content (AvgIpc) is 3.14. The van der Waals surface area contributed by atoms with Gasteiger partial charge in [-0.3, -0.25) is 4.79 Å². The number of carbonyl (C=O) groups excluding carboxylic acids is 1. The Labute approximate surface area is 146 Å². The number of phenols is 2. The molecule has 0 saturated heterocycles. The molecule has 2 aliphatic rings. The Kier molecular flexibility index (Phi) is 3.54. The molecular weight excluding hydrogens is 344 g/mol. The van der Waals surface area contributed by atoms with E-state index in [-0.39, 0.29) is 17.4 Å². The number of anilines is 1. The number of amides is 1. The number of aromatic hydroxyl groups is 2. The van der Waals surface area contributed by atoms with Crippen LogP contribution in [0.15, 0.2) is 67.2 Å². The van der Waals surface area contributed by atoms with Gasteiger partial charge in [-0.15, -0.1) is 0 Å². The summed E-state index contributed by atoms with van der Waals surface area (Å²) in [7, 11) is 0. The monoisotopic (exact) mass is 356 g/mol. The summed E-state index contributed by atoms with van der Waals surface area (Å²) >= 11 is 2.57. The van der Waals surface area contributed by atoms with Crippen molar-refractivity contribution in [2.75, 3.05) is 5.01 Å². The first-order chi connectivity index (χ1) is 11.6. The third-order valence-corrected chi connectivity index (χ3v) is 6.33. The normalized spacial score (nSPS) is 16.6. The van der Waals surface area contributed by atoms with Crippen LogP contribution >= 0.6 is 23.5 Å². The molecule has 2 aliphatic heterocycles. The van der Waals surface area contributed by atoms with E-state index in [1.165, 1.54) is 40.7 Å². The van der Waals surface area contributed by atoms with Crippen LogP contribution in [0.1, 0.15) is 6.92 Å². The smallest absolute Gasteiger partial charge is 0.282 e. The molecule has 2 aromatic rings. The molecule has 0 saturated carbocycles. The summed E-state index contributed by atoms with van der Waals surface area (Å²) < 4.78 is 0.714. The van der Waals surface area contributed by atoms with Crippen LogP contribution < -0.4 is 5.01 Å². The van der Waals surface area contributed by atoms with Gasteiger partial charge in [-0.2, -0.15) is 10.1 Å². The predicted molar refractivity (Wildman–Crippen MR) is 95.5 cm³/mol. The van der Waals surface area contributed by atoms with E-state index in [0.29, 0.717) is 31.0 Å². The Morgan fingerprint density at radius 1 is 0.958 bits per heavy atom. The quantitative estimate of drug-likeness (QED) is 0.598. The molecule has 5 nitrogen and oxygen atoms in total. The summed E-state index contributed by atoms with van der Waals surface area (Å²) in [5, 5.41) is 25.7. The maximum absolute atomic E-state index is 12.8. The van der Waals surface area contributed by atoms with Gasteiger partial charge < -0.3 is 10.2 Å². The Morgan fingerprint density at radius 3 is 2.12 bits per heavy atom. The van der Waals surface area contributed by atoms with Gasteiger partial charge >= 0.3 is 0 Å². The van der Waals surface area contributed by atoms with Crippen molar-refractivity contribution in [3.8, 4) is 11.5 Å². The first-order valence-corrected chi connectivity index (χ1v) is 8.79. The lowest BCUT2D eigenvalue weighted by Crippen LogP contribution is -2.21. The molecule has 0 atom stereocenters. The third kappa shape index (κ3) is 2.28. The number of para-hydroxylation sites is 1. The summed E-state index contributed by atoms with van der Waals surface area (Å²) in [6, 6.07) is 12.1. The van der Waals surface area contributed by atoms with Crippen LogP contribution in [0.5, 0.6) is 11.5 Å². The lowest BCUT2D eigenvalue weighted by Gasteiger charge is -2.11. The molecule has 4 rings (SSSR count). The van der Waals surface area contributed by atoms with Gasteiger partial charge in [0.05, 0.1) is 31.0 Å². The maximum Gasteiger partial charge on any atom is 0.282 e. The number of benzene rings is 2. The van der Waals surface area contributed by atoms with E-state index in [4.69, 9.17) is 0 Å². The van der Waals surface area contributed by atoms with Crippen LogP contribution in [0.3, 0.4) is 0 Å². The van der Waals surface area contributed by atoms with Gasteiger partial charge in [0.15, 0.2) is 0 Å². The molecule has 0 aliphatic carbocycles. The van der Waals surface area contributed by atoms with Gasteiger partial charge in [0.2, 0.25) is 0 Å². The van der Waals surface area contributed by atoms with Crippen LogP contribution in [0, 0.1) is 0 Å². The molecule has 0 spiro atoms. The molecule has 2 N–H and O–H groups in total. The molecular formula is C17H12N2O3S2. The lowest BCUT2D eigenvalue weighted by atomic mass is 10.2. The van der Waals surface area contributed by atoms with Gasteiger partial charge in [-0.05, 0) is 31.2 Å². The van der Waals surface area contributed by atoms with Gasteiger partial charge in [-0.1, -0.05) is 41.7 Å². The standard InChI is InChI=1S/C17H12N2O3S2/c1-9-13(16(22)19(18-9)10-5-3-2-4-6-10)17-23-14-11(20)7-8-12(21)15(14)24-17/h2-8,20-21H,1H3. The van der Waals surface area contributed by atoms with Gasteiger partial charge in [0.25, 0.3) is 5.91 Å². The van der Waals surface area contributed by atoms with Crippen molar-refractivity contribution >= 4 is 40.8 Å². The van der Waals surface area contributed by atoms with Crippen molar-refractivity contribution < 1.29 is 15.0 Å². The Morgan fingerprint density at radius 2 is 1.54 bits per heavy atom. The van der Waals surface area contributed by atoms with Crippen molar-refractivity contribution in [2.45, 2.75) is 16.7 Å². The first-order valence-electron chi connectivity index (χ1n) is 7.16. The van der Waals surface area contributed by atoms with Crippen molar-refractivity contribution in [3.63, 3.8) is 0 Å². The molecule has 0 bridgehead atoms. The molecule has 120 valence electrons. The Hall–Kier alpha value is -2.38. The van der Waals surface area contributed by atoms with E-state index in [1.54, 1.807) is 6.92 Å². The first kappa shape index (κ1) is 15.2. The summed E-state index contributed by atoms with van der Waals surface area (Å²) in [6.07, 6.45) is 0. The predicted octanol–water partition coefficient (Wildman–Crippen LogP) is 3.93. The van der Waals surface area contributed by atoms with Crippen LogP contribution in [0.25, 0.3) is 0 Å². The van der Waals surface area contributed by atoms with Gasteiger partial charge in [0.1, 0.15) is 11.5 Å². The number of carbonyl (C=O) groups is 1. The second-order valence-electron chi connectivity index (χ2n) is 5.27. The maximum atomic E-state index is 12.8. The van der Waals surface area contributed by atoms with E-state index < -0.39 is 0 Å². The van der Waals surface area contributed by atoms with Crippen LogP contribution in [0.2, 0.25) is 0 Å². The summed E-state index contributed by atoms with van der Waals surface area (Å²) in [5.74, 6) is -0.0211. The number of phenolic OH excluding ortho intramolecular Hbond substituents is 2. The van der Waals surface area contributed by atoms with Crippen LogP contribution in [0.4, 0.5) is 5.69 Å². The van der Waals surface area contributed by atoms with E-state index >= 15 is 0 Å². The van der Waals surface area contributed by atoms with Crippen molar-refractivity contribution in [1.29, 1.82) is 0 Å². The highest BCUT2D eigenvalue weighted by Crippen LogP contribution is 2.58. The zero-order valence-corrected chi connectivity index (χ0v) is 14.2. The summed E-state index contributed by atoms with van der Waals surface area (Å²) in [6.45, 7) is 1.78. The highest BCUT2D eigenvalue weighted by molar-refractivity contribution is 8.25. The number of nitrogens with zero attached hydrogens (tertiary/aromatic N) is 2. The zero-order chi connectivity index (χ0) is 16.8. The minimum absolute atomic E-state index is 0.0934. The van der Waals surface area contributed by atoms with Gasteiger partial charge in [-0.25, -0.2) is 0 Å². The highest BCUT2D eigenvalue weighted by Gasteiger charge is 2.36. The number of hydrogen-bond donors (Lipinski definition) is 2. The molecule has 0 unspecified atom stereocenters. The van der Waals surface area contributed by atoms with Crippen molar-refractivity contribution in [2.24, 2.45) is 5.10 Å². The molecule has 24 heavy (non-hydrogen) atoms. The van der Waals surface area contributed by atoms with Crippen molar-refractivity contribution in [1.82, 2.24) is 0 Å². The van der Waals surface area contributed by atoms with Gasteiger partial charge in [0, 0.05) is 0 Å². The Balaban J connectivity index is 1.75. The van der Waals surface area contributed by atoms with Crippen molar-refractivity contribution in [3.05, 3.63) is 52.3 Å². The fourth-order valence-electron chi connectivity index (χ4n) is 2.53. The number of hydrazone groups is 1. The van der Waals surface area contributed by atoms with E-state index in [0.717, 1.165) is 0 Å². The molecule has 2 heterocycles. The third-order valence-electron chi connectivity index (χ3n) is 3.68. The minimum Gasteiger partial charge on any atom is -0.507 e. The summed E-state index contributed by atoms with van der Waals surface area (Å²) in [5.41, 5.74) is 1.82. The van der Waals surface area contributed by atoms with E-state index in [1.807, 2.05) is 30.3 Å². The number of rotatable bonds is 1. The number of thioether (sulfide) groups is 2. The Bertz CT molecular complexity index is 890. The topological polar surface area (TPSA) is 73.1 Å². The zero-order valence-electron chi connectivity index (χ0n) is 12.6. The molecule has 0 fully saturated rings. The minimum atomic E-state index is -0.208. The second kappa shape index (κ2) is 5.61. The van der Waals surface area contributed by atoms with E-state index in [9.17, 15) is 15.0 Å². The SMILES string of the molecule is CC1=NN(c2ccccc2)C(=O)C1=C1Sc2c(O)ccc(O)c2S1. The fraction of sp³-hybridized carbons (Fsp3) is 0.0588. The van der Waals surface area contributed by atoms with Crippen LogP contribution in [-0.4, -0.2) is 21.8 Å². The lowest BCUT2D eigenvalue weighted by molar-refractivity contribution is -0.114. The summed E-state index contributed by atoms with van der Waals surface area (Å²) in [4.78, 5) is 14.0. The molecule has 0 aromatic heterocycles. The molecule has 0 radical (unpaired) electrons. The highest BCUT2D eigenvalue weighted by atomic mass is 32.2. The van der Waals surface area contributed by atoms with Crippen LogP contribution in [-0.2, 0) is 4.79 Å². The average molecular weight is 356 g/mol. The number of fused-ring (bicyclic) bond motifs is 1. The number of hydrogen-bond acceptors (Lipinski definition) is 6. The molecule has 7 heteroatoms. The second-order valence-corrected chi connectivity index (χ2v) is 7.57. The largest absolute Gasteiger partial charge is 0.507 e.